The first-order chi connectivity index (χ1) is 13.5. The Labute approximate surface area is 159 Å². The van der Waals surface area contributed by atoms with E-state index in [2.05, 4.69) is 15.0 Å². The SMILES string of the molecule is COC(=O)NC[C@H]1CN(c2ccc(-n3cc4cccnc4c3)c(F)c2)C(=O)O1. The number of anilines is 1. The number of nitrogens with one attached hydrogen (secondary N) is 1. The number of alkyl carbamates (subject to hydrolysis) is 1. The minimum absolute atomic E-state index is 0.110. The Morgan fingerprint density at radius 2 is 2.25 bits per heavy atom. The van der Waals surface area contributed by atoms with E-state index in [0.717, 1.165) is 10.9 Å². The summed E-state index contributed by atoms with van der Waals surface area (Å²) in [4.78, 5) is 28.8. The van der Waals surface area contributed by atoms with Gasteiger partial charge in [0.1, 0.15) is 11.9 Å². The van der Waals surface area contributed by atoms with Gasteiger partial charge in [0.15, 0.2) is 0 Å². The van der Waals surface area contributed by atoms with E-state index < -0.39 is 24.1 Å². The van der Waals surface area contributed by atoms with Crippen molar-refractivity contribution in [3.05, 3.63) is 54.7 Å². The highest BCUT2D eigenvalue weighted by molar-refractivity contribution is 5.90. The van der Waals surface area contributed by atoms with Gasteiger partial charge in [0.2, 0.25) is 0 Å². The number of halogens is 1. The summed E-state index contributed by atoms with van der Waals surface area (Å²) in [7, 11) is 1.25. The van der Waals surface area contributed by atoms with Crippen LogP contribution in [0.4, 0.5) is 19.7 Å². The maximum absolute atomic E-state index is 14.7. The molecular formula is C19H17FN4O4. The average Bonchev–Trinajstić information content (AvgIpc) is 3.29. The lowest BCUT2D eigenvalue weighted by Gasteiger charge is -2.14. The van der Waals surface area contributed by atoms with Crippen molar-refractivity contribution in [1.29, 1.82) is 0 Å². The number of rotatable bonds is 4. The Hall–Kier alpha value is -3.62. The molecule has 1 saturated heterocycles. The molecule has 144 valence electrons. The Morgan fingerprint density at radius 1 is 1.39 bits per heavy atom. The number of hydrogen-bond acceptors (Lipinski definition) is 5. The third kappa shape index (κ3) is 3.34. The van der Waals surface area contributed by atoms with Crippen molar-refractivity contribution in [2.75, 3.05) is 25.1 Å². The van der Waals surface area contributed by atoms with Crippen molar-refractivity contribution < 1.29 is 23.5 Å². The highest BCUT2D eigenvalue weighted by Crippen LogP contribution is 2.26. The van der Waals surface area contributed by atoms with Crippen LogP contribution in [0.5, 0.6) is 0 Å². The fourth-order valence-electron chi connectivity index (χ4n) is 3.09. The molecule has 2 amide bonds. The molecule has 0 radical (unpaired) electrons. The predicted molar refractivity (Wildman–Crippen MR) is 99.1 cm³/mol. The molecule has 0 unspecified atom stereocenters. The molecule has 0 spiro atoms. The maximum atomic E-state index is 14.7. The summed E-state index contributed by atoms with van der Waals surface area (Å²) in [5, 5.41) is 3.37. The van der Waals surface area contributed by atoms with Crippen molar-refractivity contribution in [3.63, 3.8) is 0 Å². The van der Waals surface area contributed by atoms with Crippen LogP contribution in [0.3, 0.4) is 0 Å². The Balaban J connectivity index is 1.53. The minimum Gasteiger partial charge on any atom is -0.453 e. The number of cyclic esters (lactones) is 1. The van der Waals surface area contributed by atoms with Gasteiger partial charge in [-0.2, -0.15) is 0 Å². The lowest BCUT2D eigenvalue weighted by Crippen LogP contribution is -2.34. The van der Waals surface area contributed by atoms with E-state index in [-0.39, 0.29) is 13.1 Å². The number of nitrogens with zero attached hydrogens (tertiary/aromatic N) is 3. The Kier molecular flexibility index (Phi) is 4.56. The molecule has 9 heteroatoms. The number of aromatic nitrogens is 2. The lowest BCUT2D eigenvalue weighted by molar-refractivity contribution is 0.132. The first kappa shape index (κ1) is 17.8. The van der Waals surface area contributed by atoms with E-state index in [4.69, 9.17) is 4.74 Å². The number of benzene rings is 1. The fourth-order valence-corrected chi connectivity index (χ4v) is 3.09. The third-order valence-electron chi connectivity index (χ3n) is 4.47. The van der Waals surface area contributed by atoms with Crippen LogP contribution in [0, 0.1) is 5.82 Å². The smallest absolute Gasteiger partial charge is 0.414 e. The zero-order chi connectivity index (χ0) is 19.7. The summed E-state index contributed by atoms with van der Waals surface area (Å²) in [6.07, 6.45) is 3.45. The van der Waals surface area contributed by atoms with Crippen LogP contribution in [0.15, 0.2) is 48.9 Å². The Bertz CT molecular complexity index is 1020. The summed E-state index contributed by atoms with van der Waals surface area (Å²) in [5.41, 5.74) is 1.48. The molecular weight excluding hydrogens is 367 g/mol. The second-order valence-electron chi connectivity index (χ2n) is 6.27. The number of hydrogen-bond donors (Lipinski definition) is 1. The van der Waals surface area contributed by atoms with Crippen molar-refractivity contribution in [3.8, 4) is 5.69 Å². The van der Waals surface area contributed by atoms with Gasteiger partial charge < -0.3 is 19.4 Å². The summed E-state index contributed by atoms with van der Waals surface area (Å²) in [5.74, 6) is -0.484. The maximum Gasteiger partial charge on any atom is 0.414 e. The van der Waals surface area contributed by atoms with Crippen molar-refractivity contribution in [2.45, 2.75) is 6.10 Å². The normalized spacial score (nSPS) is 16.3. The van der Waals surface area contributed by atoms with Gasteiger partial charge in [-0.15, -0.1) is 0 Å². The van der Waals surface area contributed by atoms with Gasteiger partial charge in [0.05, 0.1) is 37.1 Å². The van der Waals surface area contributed by atoms with Crippen LogP contribution < -0.4 is 10.2 Å². The minimum atomic E-state index is -0.613. The van der Waals surface area contributed by atoms with Gasteiger partial charge in [0.25, 0.3) is 0 Å². The highest BCUT2D eigenvalue weighted by Gasteiger charge is 2.33. The number of ether oxygens (including phenoxy) is 2. The standard InChI is InChI=1S/C19H17FN4O4/c1-27-18(25)22-8-14-10-24(19(26)28-14)13-4-5-17(15(20)7-13)23-9-12-3-2-6-21-16(12)11-23/h2-7,9,11,14H,8,10H2,1H3,(H,22,25)/t14-/m0/s1. The topological polar surface area (TPSA) is 85.7 Å². The van der Waals surface area contributed by atoms with Crippen molar-refractivity contribution >= 4 is 28.8 Å². The quantitative estimate of drug-likeness (QED) is 0.748. The number of pyridine rings is 1. The second-order valence-corrected chi connectivity index (χ2v) is 6.27. The summed E-state index contributed by atoms with van der Waals surface area (Å²) in [6.45, 7) is 0.303. The van der Waals surface area contributed by atoms with Crippen LogP contribution in [0.2, 0.25) is 0 Å². The van der Waals surface area contributed by atoms with Crippen LogP contribution >= 0.6 is 0 Å². The molecule has 8 nitrogen and oxygen atoms in total. The van der Waals surface area contributed by atoms with E-state index in [1.165, 1.54) is 18.1 Å². The monoisotopic (exact) mass is 384 g/mol. The molecule has 3 aromatic rings. The highest BCUT2D eigenvalue weighted by atomic mass is 19.1. The van der Waals surface area contributed by atoms with E-state index in [1.54, 1.807) is 35.3 Å². The molecule has 1 aliphatic rings. The van der Waals surface area contributed by atoms with Crippen molar-refractivity contribution in [2.24, 2.45) is 0 Å². The molecule has 1 aliphatic heterocycles. The summed E-state index contributed by atoms with van der Waals surface area (Å²) in [6, 6.07) is 8.24. The van der Waals surface area contributed by atoms with Crippen LogP contribution in [-0.2, 0) is 9.47 Å². The molecule has 0 aliphatic carbocycles. The average molecular weight is 384 g/mol. The third-order valence-corrected chi connectivity index (χ3v) is 4.47. The molecule has 28 heavy (non-hydrogen) atoms. The molecule has 4 rings (SSSR count). The van der Waals surface area contributed by atoms with E-state index in [9.17, 15) is 14.0 Å². The number of carbonyl (C=O) groups excluding carboxylic acids is 2. The van der Waals surface area contributed by atoms with Gasteiger partial charge in [-0.1, -0.05) is 0 Å². The largest absolute Gasteiger partial charge is 0.453 e. The number of fused-ring (bicyclic) bond motifs is 1. The molecule has 1 atom stereocenters. The number of carbonyl (C=O) groups is 2. The van der Waals surface area contributed by atoms with Gasteiger partial charge in [-0.05, 0) is 30.3 Å². The van der Waals surface area contributed by atoms with Gasteiger partial charge in [-0.25, -0.2) is 14.0 Å². The van der Waals surface area contributed by atoms with Gasteiger partial charge in [0, 0.05) is 24.0 Å². The van der Waals surface area contributed by atoms with Crippen LogP contribution in [0.25, 0.3) is 16.6 Å². The number of methoxy groups -OCH3 is 1. The van der Waals surface area contributed by atoms with E-state index >= 15 is 0 Å². The van der Waals surface area contributed by atoms with Crippen molar-refractivity contribution in [1.82, 2.24) is 14.9 Å². The summed E-state index contributed by atoms with van der Waals surface area (Å²) < 4.78 is 26.1. The first-order valence-electron chi connectivity index (χ1n) is 8.58. The van der Waals surface area contributed by atoms with Crippen LogP contribution in [-0.4, -0.2) is 48.0 Å². The molecule has 1 N–H and O–H groups in total. The number of amides is 2. The fraction of sp³-hybridized carbons (Fsp3) is 0.211. The van der Waals surface area contributed by atoms with E-state index in [0.29, 0.717) is 11.4 Å². The molecule has 0 bridgehead atoms. The zero-order valence-corrected chi connectivity index (χ0v) is 15.0. The zero-order valence-electron chi connectivity index (χ0n) is 15.0. The van der Waals surface area contributed by atoms with E-state index in [1.807, 2.05) is 12.1 Å². The Morgan fingerprint density at radius 3 is 3.00 bits per heavy atom. The molecule has 3 heterocycles. The lowest BCUT2D eigenvalue weighted by atomic mass is 10.2. The summed E-state index contributed by atoms with van der Waals surface area (Å²) >= 11 is 0. The van der Waals surface area contributed by atoms with Gasteiger partial charge in [-0.3, -0.25) is 9.88 Å². The molecule has 1 fully saturated rings. The predicted octanol–water partition coefficient (Wildman–Crippen LogP) is 2.85. The molecule has 2 aromatic heterocycles. The van der Waals surface area contributed by atoms with Crippen LogP contribution in [0.1, 0.15) is 0 Å². The first-order valence-corrected chi connectivity index (χ1v) is 8.58. The molecule has 0 saturated carbocycles. The van der Waals surface area contributed by atoms with Gasteiger partial charge >= 0.3 is 12.2 Å². The molecule has 1 aromatic carbocycles. The second kappa shape index (κ2) is 7.18.